The summed E-state index contributed by atoms with van der Waals surface area (Å²) in [7, 11) is 0. The smallest absolute Gasteiger partial charge is 0.351 e. The molecule has 1 atom stereocenters. The summed E-state index contributed by atoms with van der Waals surface area (Å²) in [5.74, 6) is -0.734. The molecule has 0 saturated carbocycles. The van der Waals surface area contributed by atoms with Gasteiger partial charge in [-0.1, -0.05) is 41.7 Å². The van der Waals surface area contributed by atoms with Gasteiger partial charge in [0.15, 0.2) is 16.6 Å². The van der Waals surface area contributed by atoms with E-state index in [1.807, 2.05) is 30.3 Å². The zero-order valence-corrected chi connectivity index (χ0v) is 17.8. The Morgan fingerprint density at radius 2 is 2.03 bits per heavy atom. The number of hydrogen-bond donors (Lipinski definition) is 1. The zero-order valence-electron chi connectivity index (χ0n) is 17.0. The fourth-order valence-electron chi connectivity index (χ4n) is 3.84. The van der Waals surface area contributed by atoms with Crippen LogP contribution in [0.3, 0.4) is 0 Å². The first-order valence-electron chi connectivity index (χ1n) is 9.93. The van der Waals surface area contributed by atoms with Gasteiger partial charge in [0.25, 0.3) is 5.91 Å². The van der Waals surface area contributed by atoms with Gasteiger partial charge >= 0.3 is 5.69 Å². The Morgan fingerprint density at radius 1 is 1.25 bits per heavy atom. The fraction of sp³-hybridized carbons (Fsp3) is 0.182. The monoisotopic (exact) mass is 451 g/mol. The molecular formula is C22H18FN5O3S. The molecule has 8 nitrogen and oxygen atoms in total. The van der Waals surface area contributed by atoms with Crippen LogP contribution in [-0.4, -0.2) is 25.2 Å². The zero-order chi connectivity index (χ0) is 22.4. The van der Waals surface area contributed by atoms with Crippen LogP contribution in [0.4, 0.5) is 4.39 Å². The predicted octanol–water partition coefficient (Wildman–Crippen LogP) is 3.36. The first-order chi connectivity index (χ1) is 15.4. The maximum absolute atomic E-state index is 14.8. The van der Waals surface area contributed by atoms with Gasteiger partial charge in [-0.25, -0.2) is 14.2 Å². The Balaban J connectivity index is 1.46. The highest BCUT2D eigenvalue weighted by atomic mass is 32.1. The van der Waals surface area contributed by atoms with Crippen molar-refractivity contribution in [1.29, 1.82) is 0 Å². The largest absolute Gasteiger partial charge is 0.442 e. The molecule has 4 aromatic rings. The van der Waals surface area contributed by atoms with Gasteiger partial charge in [-0.2, -0.15) is 4.68 Å². The van der Waals surface area contributed by atoms with E-state index in [-0.39, 0.29) is 27.6 Å². The number of nitrogens with two attached hydrogens (primary N) is 1. The molecule has 1 amide bonds. The molecule has 0 bridgehead atoms. The van der Waals surface area contributed by atoms with E-state index in [0.717, 1.165) is 23.3 Å². The first-order valence-corrected chi connectivity index (χ1v) is 10.7. The lowest BCUT2D eigenvalue weighted by atomic mass is 10.1. The molecule has 2 aromatic carbocycles. The van der Waals surface area contributed by atoms with E-state index in [4.69, 9.17) is 10.5 Å². The van der Waals surface area contributed by atoms with Crippen molar-refractivity contribution in [3.8, 4) is 16.5 Å². The van der Waals surface area contributed by atoms with Gasteiger partial charge in [0.1, 0.15) is 5.82 Å². The molecule has 3 heterocycles. The van der Waals surface area contributed by atoms with Gasteiger partial charge < -0.3 is 10.5 Å². The molecule has 0 spiro atoms. The number of nitrogens with zero attached hydrogens (tertiary/aromatic N) is 4. The molecule has 2 aromatic heterocycles. The second-order valence-electron chi connectivity index (χ2n) is 7.42. The summed E-state index contributed by atoms with van der Waals surface area (Å²) in [6.07, 6.45) is 1.46. The van der Waals surface area contributed by atoms with E-state index in [9.17, 15) is 14.0 Å². The number of rotatable bonds is 5. The fourth-order valence-corrected chi connectivity index (χ4v) is 4.63. The Bertz CT molecular complexity index is 1390. The third-order valence-electron chi connectivity index (χ3n) is 5.35. The number of carbonyl (C=O) groups is 1. The number of fused-ring (bicyclic) bond motifs is 1. The summed E-state index contributed by atoms with van der Waals surface area (Å²) >= 11 is 0.943. The van der Waals surface area contributed by atoms with Crippen LogP contribution in [0, 0.1) is 12.7 Å². The van der Waals surface area contributed by atoms with E-state index in [2.05, 4.69) is 10.1 Å². The van der Waals surface area contributed by atoms with Gasteiger partial charge in [-0.15, -0.1) is 5.10 Å². The highest BCUT2D eigenvalue weighted by Crippen LogP contribution is 2.34. The summed E-state index contributed by atoms with van der Waals surface area (Å²) in [6.45, 7) is 1.64. The number of primary amides is 1. The van der Waals surface area contributed by atoms with Crippen LogP contribution in [0.5, 0.6) is 10.8 Å². The molecule has 32 heavy (non-hydrogen) atoms. The molecule has 0 unspecified atom stereocenters. The number of amides is 1. The second kappa shape index (κ2) is 7.72. The lowest BCUT2D eigenvalue weighted by Gasteiger charge is -2.12. The van der Waals surface area contributed by atoms with Crippen LogP contribution in [0.15, 0.2) is 53.3 Å². The van der Waals surface area contributed by atoms with E-state index in [1.165, 1.54) is 16.8 Å². The number of halogens is 1. The molecule has 5 rings (SSSR count). The Kier molecular flexibility index (Phi) is 4.86. The minimum absolute atomic E-state index is 0.0570. The Labute approximate surface area is 185 Å². The van der Waals surface area contributed by atoms with Gasteiger partial charge in [0.05, 0.1) is 17.4 Å². The van der Waals surface area contributed by atoms with E-state index >= 15 is 0 Å². The molecule has 0 aliphatic carbocycles. The van der Waals surface area contributed by atoms with E-state index in [0.29, 0.717) is 23.6 Å². The minimum Gasteiger partial charge on any atom is -0.442 e. The second-order valence-corrected chi connectivity index (χ2v) is 8.38. The first kappa shape index (κ1) is 20.1. The lowest BCUT2D eigenvalue weighted by molar-refractivity contribution is 0.1000. The minimum atomic E-state index is -0.676. The molecule has 1 aliphatic heterocycles. The number of carbonyl (C=O) groups excluding carboxylic acids is 1. The maximum Gasteiger partial charge on any atom is 0.351 e. The van der Waals surface area contributed by atoms with Crippen molar-refractivity contribution in [3.63, 3.8) is 0 Å². The molecular weight excluding hydrogens is 433 g/mol. The number of aromatic nitrogens is 4. The summed E-state index contributed by atoms with van der Waals surface area (Å²) in [5, 5.41) is 4.79. The standard InChI is InChI=1S/C22H18FN5O3S/c1-12-21(32-20(25-12)19(24)29)31-17-9-7-14(11-15(17)23)28-22(30)27-16(8-10-18(27)26-28)13-5-3-2-4-6-13/h2-7,9,11,16H,8,10H2,1H3,(H2,24,29)/t16-/m1/s1. The molecule has 1 aliphatic rings. The van der Waals surface area contributed by atoms with Crippen LogP contribution in [0.25, 0.3) is 5.69 Å². The molecule has 2 N–H and O–H groups in total. The van der Waals surface area contributed by atoms with Crippen molar-refractivity contribution in [1.82, 2.24) is 19.3 Å². The summed E-state index contributed by atoms with van der Waals surface area (Å²) in [5.41, 5.74) is 6.69. The normalized spacial score (nSPS) is 15.0. The molecule has 162 valence electrons. The van der Waals surface area contributed by atoms with E-state index in [1.54, 1.807) is 17.6 Å². The number of hydrogen-bond acceptors (Lipinski definition) is 6. The Morgan fingerprint density at radius 3 is 2.72 bits per heavy atom. The van der Waals surface area contributed by atoms with Crippen molar-refractivity contribution in [3.05, 3.63) is 86.9 Å². The van der Waals surface area contributed by atoms with Crippen LogP contribution < -0.4 is 16.2 Å². The summed E-state index contributed by atoms with van der Waals surface area (Å²) in [4.78, 5) is 28.4. The van der Waals surface area contributed by atoms with Crippen molar-refractivity contribution in [2.75, 3.05) is 0 Å². The molecule has 0 fully saturated rings. The van der Waals surface area contributed by atoms with Gasteiger partial charge in [-0.05, 0) is 31.0 Å². The van der Waals surface area contributed by atoms with Crippen molar-refractivity contribution >= 4 is 17.2 Å². The topological polar surface area (TPSA) is 105 Å². The predicted molar refractivity (Wildman–Crippen MR) is 116 cm³/mol. The summed E-state index contributed by atoms with van der Waals surface area (Å²) < 4.78 is 23.3. The maximum atomic E-state index is 14.8. The van der Waals surface area contributed by atoms with Crippen molar-refractivity contribution < 1.29 is 13.9 Å². The number of aryl methyl sites for hydroxylation is 2. The van der Waals surface area contributed by atoms with Crippen LogP contribution in [0.2, 0.25) is 0 Å². The highest BCUT2D eigenvalue weighted by Gasteiger charge is 2.29. The average Bonchev–Trinajstić information content (AvgIpc) is 3.45. The van der Waals surface area contributed by atoms with Gasteiger partial charge in [-0.3, -0.25) is 9.36 Å². The number of ether oxygens (including phenoxy) is 1. The third kappa shape index (κ3) is 3.38. The Hall–Kier alpha value is -3.79. The van der Waals surface area contributed by atoms with Crippen molar-refractivity contribution in [2.24, 2.45) is 5.73 Å². The van der Waals surface area contributed by atoms with E-state index < -0.39 is 11.7 Å². The number of benzene rings is 2. The van der Waals surface area contributed by atoms with Crippen LogP contribution in [0.1, 0.15) is 39.3 Å². The highest BCUT2D eigenvalue weighted by molar-refractivity contribution is 7.15. The molecule has 0 radical (unpaired) electrons. The number of thiazole rings is 1. The lowest BCUT2D eigenvalue weighted by Crippen LogP contribution is -2.26. The molecule has 10 heteroatoms. The molecule has 0 saturated heterocycles. The van der Waals surface area contributed by atoms with Crippen LogP contribution >= 0.6 is 11.3 Å². The van der Waals surface area contributed by atoms with Crippen LogP contribution in [-0.2, 0) is 6.42 Å². The van der Waals surface area contributed by atoms with Crippen molar-refractivity contribution in [2.45, 2.75) is 25.8 Å². The SMILES string of the molecule is Cc1nc(C(N)=O)sc1Oc1ccc(-n2nc3n(c2=O)[C@@H](c2ccccc2)CC3)cc1F. The quantitative estimate of drug-likeness (QED) is 0.501. The van der Waals surface area contributed by atoms with Gasteiger partial charge in [0.2, 0.25) is 5.06 Å². The summed E-state index contributed by atoms with van der Waals surface area (Å²) in [6, 6.07) is 13.9. The third-order valence-corrected chi connectivity index (χ3v) is 6.40. The average molecular weight is 451 g/mol. The van der Waals surface area contributed by atoms with Gasteiger partial charge in [0, 0.05) is 12.5 Å².